The summed E-state index contributed by atoms with van der Waals surface area (Å²) in [5.74, 6) is -8.95. The third-order valence-electron chi connectivity index (χ3n) is 10.1. The van der Waals surface area contributed by atoms with Gasteiger partial charge < -0.3 is 39.6 Å². The van der Waals surface area contributed by atoms with Crippen LogP contribution in [0.3, 0.4) is 0 Å². The zero-order valence-electron chi connectivity index (χ0n) is 30.9. The maximum atomic E-state index is 14.1. The van der Waals surface area contributed by atoms with E-state index in [-0.39, 0.29) is 38.6 Å². The molecular formula is C38H47NO12S. The van der Waals surface area contributed by atoms with E-state index in [0.717, 1.165) is 11.8 Å². The summed E-state index contributed by atoms with van der Waals surface area (Å²) in [5, 5.41) is 36.4. The Balaban J connectivity index is 1.88. The van der Waals surface area contributed by atoms with E-state index >= 15 is 0 Å². The number of Topliss-reactive ketones (excluding diaryl/α,β-unsaturated/α-hetero) is 3. The van der Waals surface area contributed by atoms with E-state index in [4.69, 9.17) is 18.9 Å². The summed E-state index contributed by atoms with van der Waals surface area (Å²) < 4.78 is 23.2. The quantitative estimate of drug-likeness (QED) is 0.320. The molecule has 0 saturated carbocycles. The second-order valence-corrected chi connectivity index (χ2v) is 14.5. The van der Waals surface area contributed by atoms with E-state index in [0.29, 0.717) is 0 Å². The molecule has 13 nitrogen and oxygen atoms in total. The zero-order valence-corrected chi connectivity index (χ0v) is 31.7. The van der Waals surface area contributed by atoms with Crippen molar-refractivity contribution in [2.75, 3.05) is 13.4 Å². The van der Waals surface area contributed by atoms with Gasteiger partial charge >= 0.3 is 11.8 Å². The molecule has 1 aromatic rings. The largest absolute Gasteiger partial charge is 0.507 e. The number of ether oxygens (including phenoxy) is 4. The molecule has 1 amide bonds. The Morgan fingerprint density at radius 2 is 1.60 bits per heavy atom. The predicted octanol–water partition coefficient (Wildman–Crippen LogP) is 4.32. The van der Waals surface area contributed by atoms with Gasteiger partial charge in [0.25, 0.3) is 11.7 Å². The van der Waals surface area contributed by atoms with Crippen LogP contribution in [0.2, 0.25) is 0 Å². The molecule has 0 spiro atoms. The van der Waals surface area contributed by atoms with Crippen LogP contribution in [0.25, 0.3) is 0 Å². The maximum Gasteiger partial charge on any atom is 0.312 e. The number of benzene rings is 1. The molecule has 14 heteroatoms. The van der Waals surface area contributed by atoms with Crippen molar-refractivity contribution in [1.29, 1.82) is 0 Å². The summed E-state index contributed by atoms with van der Waals surface area (Å²) >= 11 is 0.893. The molecule has 0 aromatic heterocycles. The Hall–Kier alpha value is -4.24. The van der Waals surface area contributed by atoms with Gasteiger partial charge in [0.05, 0.1) is 46.2 Å². The van der Waals surface area contributed by atoms with Crippen molar-refractivity contribution in [2.45, 2.75) is 85.6 Å². The summed E-state index contributed by atoms with van der Waals surface area (Å²) in [7, 11) is 1.42. The fourth-order valence-electron chi connectivity index (χ4n) is 6.86. The number of phenols is 1. The number of hydrogen-bond donors (Lipinski definition) is 4. The summed E-state index contributed by atoms with van der Waals surface area (Å²) in [6.45, 7) is 12.3. The first-order valence-corrected chi connectivity index (χ1v) is 18.1. The van der Waals surface area contributed by atoms with Crippen molar-refractivity contribution in [3.8, 4) is 11.5 Å². The third-order valence-corrected chi connectivity index (χ3v) is 10.9. The molecule has 9 atom stereocenters. The predicted molar refractivity (Wildman–Crippen MR) is 192 cm³/mol. The number of aromatic hydroxyl groups is 1. The Morgan fingerprint density at radius 3 is 2.19 bits per heavy atom. The van der Waals surface area contributed by atoms with Crippen LogP contribution in [0.1, 0.15) is 85.1 Å². The SMILES string of the molecule is CO[C@H]1/C=C/O[C@@]2(C)Oc3c(C)c(O)c4c(c3C2=O)C(=O)C(SC)=C(NC(=O)/C(C)=C\C=C\[C@H](C)[C@H](O)[C@@H](C)[C@@H](O)[C@@H](C)[C@H](OC(C)=O)[C@@H]1C)C4=O. The molecule has 0 fully saturated rings. The minimum absolute atomic E-state index is 0.00950. The summed E-state index contributed by atoms with van der Waals surface area (Å²) in [4.78, 5) is 67.5. The Morgan fingerprint density at radius 1 is 0.942 bits per heavy atom. The minimum Gasteiger partial charge on any atom is -0.507 e. The highest BCUT2D eigenvalue weighted by molar-refractivity contribution is 8.03. The molecule has 4 aliphatic rings. The molecule has 5 rings (SSSR count). The first kappa shape index (κ1) is 40.5. The highest BCUT2D eigenvalue weighted by Crippen LogP contribution is 2.49. The van der Waals surface area contributed by atoms with Crippen molar-refractivity contribution in [2.24, 2.45) is 23.7 Å². The van der Waals surface area contributed by atoms with Gasteiger partial charge in [0.2, 0.25) is 11.6 Å². The van der Waals surface area contributed by atoms with Crippen LogP contribution < -0.4 is 10.1 Å². The number of hydrogen-bond acceptors (Lipinski definition) is 13. The van der Waals surface area contributed by atoms with Crippen molar-refractivity contribution >= 4 is 41.0 Å². The number of esters is 1. The molecule has 1 aromatic carbocycles. The lowest BCUT2D eigenvalue weighted by Crippen LogP contribution is -2.46. The number of rotatable bonds is 3. The van der Waals surface area contributed by atoms with Gasteiger partial charge in [-0.15, -0.1) is 11.8 Å². The number of carbonyl (C=O) groups excluding carboxylic acids is 5. The Labute approximate surface area is 307 Å². The van der Waals surface area contributed by atoms with E-state index in [1.807, 2.05) is 0 Å². The topological polar surface area (TPSA) is 195 Å². The molecule has 5 bridgehead atoms. The van der Waals surface area contributed by atoms with Crippen LogP contribution in [-0.2, 0) is 23.8 Å². The Bertz CT molecular complexity index is 1790. The number of amides is 1. The van der Waals surface area contributed by atoms with E-state index in [9.17, 15) is 39.3 Å². The molecule has 0 radical (unpaired) electrons. The molecule has 282 valence electrons. The molecule has 3 aliphatic heterocycles. The molecule has 0 unspecified atom stereocenters. The van der Waals surface area contributed by atoms with E-state index in [1.54, 1.807) is 39.8 Å². The van der Waals surface area contributed by atoms with Gasteiger partial charge in [0.1, 0.15) is 23.3 Å². The van der Waals surface area contributed by atoms with Gasteiger partial charge in [0.15, 0.2) is 0 Å². The molecular weight excluding hydrogens is 694 g/mol. The van der Waals surface area contributed by atoms with Crippen LogP contribution in [0.15, 0.2) is 46.7 Å². The monoisotopic (exact) mass is 741 g/mol. The average molecular weight is 742 g/mol. The van der Waals surface area contributed by atoms with Gasteiger partial charge in [-0.3, -0.25) is 24.0 Å². The van der Waals surface area contributed by atoms with Crippen molar-refractivity contribution in [1.82, 2.24) is 5.32 Å². The number of thioether (sulfide) groups is 1. The van der Waals surface area contributed by atoms with Crippen LogP contribution in [-0.4, -0.2) is 88.1 Å². The van der Waals surface area contributed by atoms with E-state index < -0.39 is 94.4 Å². The smallest absolute Gasteiger partial charge is 0.312 e. The molecule has 4 N–H and O–H groups in total. The standard InChI is InChI=1S/C38H47NO12S/c1-16-12-11-13-17(2)37(47)39-27-31(44)25-24(32(45)35(27)52-10)26-34(21(6)30(25)43)51-38(8,36(26)46)49-15-14-23(48-9)18(3)33(50-22(7)40)20(5)29(42)19(4)28(16)41/h11-16,18-20,23,28-29,33,41-43H,1-10H3,(H,39,47)/b12-11+,15-14+,17-13-/t16-,18+,19+,20+,23-,28-,29+,33+,38-/m0/s1. The maximum absolute atomic E-state index is 14.1. The van der Waals surface area contributed by atoms with Crippen molar-refractivity contribution < 1.29 is 58.2 Å². The number of aliphatic hydroxyl groups is 2. The molecule has 52 heavy (non-hydrogen) atoms. The van der Waals surface area contributed by atoms with Gasteiger partial charge in [-0.2, -0.15) is 0 Å². The second kappa shape index (κ2) is 15.8. The lowest BCUT2D eigenvalue weighted by molar-refractivity contribution is -0.160. The number of fused-ring (bicyclic) bond motifs is 14. The van der Waals surface area contributed by atoms with Gasteiger partial charge in [-0.1, -0.05) is 45.9 Å². The van der Waals surface area contributed by atoms with Gasteiger partial charge in [-0.25, -0.2) is 0 Å². The van der Waals surface area contributed by atoms with Crippen molar-refractivity contribution in [3.63, 3.8) is 0 Å². The van der Waals surface area contributed by atoms with Crippen LogP contribution in [0.4, 0.5) is 0 Å². The summed E-state index contributed by atoms with van der Waals surface area (Å²) in [6, 6.07) is 0. The minimum atomic E-state index is -2.04. The zero-order chi connectivity index (χ0) is 39.0. The first-order chi connectivity index (χ1) is 24.3. The highest BCUT2D eigenvalue weighted by atomic mass is 32.2. The number of phenolic OH excluding ortho intramolecular Hbond substituents is 1. The van der Waals surface area contributed by atoms with E-state index in [2.05, 4.69) is 5.32 Å². The van der Waals surface area contributed by atoms with Crippen molar-refractivity contribution in [3.05, 3.63) is 69.0 Å². The normalized spacial score (nSPS) is 33.8. The third kappa shape index (κ3) is 7.34. The lowest BCUT2D eigenvalue weighted by Gasteiger charge is -2.38. The van der Waals surface area contributed by atoms with Gasteiger partial charge in [0, 0.05) is 55.8 Å². The number of ketones is 3. The average Bonchev–Trinajstić information content (AvgIpc) is 3.36. The number of allylic oxidation sites excluding steroid dienone is 4. The fraction of sp³-hybridized carbons (Fsp3) is 0.500. The molecule has 0 saturated heterocycles. The summed E-state index contributed by atoms with van der Waals surface area (Å²) in [6.07, 6.45) is 4.98. The lowest BCUT2D eigenvalue weighted by atomic mass is 9.78. The Kier molecular flexibility index (Phi) is 12.3. The van der Waals surface area contributed by atoms with E-state index in [1.165, 1.54) is 59.5 Å². The van der Waals surface area contributed by atoms with Crippen LogP contribution in [0, 0.1) is 30.6 Å². The highest BCUT2D eigenvalue weighted by Gasteiger charge is 2.52. The fourth-order valence-corrected chi connectivity index (χ4v) is 7.49. The molecule has 1 aliphatic carbocycles. The van der Waals surface area contributed by atoms with Crippen LogP contribution in [0.5, 0.6) is 11.5 Å². The number of nitrogens with one attached hydrogen (secondary N) is 1. The number of carbonyl (C=O) groups is 5. The number of methoxy groups -OCH3 is 1. The first-order valence-electron chi connectivity index (χ1n) is 16.9. The van der Waals surface area contributed by atoms with Gasteiger partial charge in [-0.05, 0) is 26.2 Å². The number of aliphatic hydroxyl groups excluding tert-OH is 2. The second-order valence-electron chi connectivity index (χ2n) is 13.7. The molecule has 3 heterocycles. The van der Waals surface area contributed by atoms with Crippen LogP contribution >= 0.6 is 11.8 Å². The summed E-state index contributed by atoms with van der Waals surface area (Å²) in [5.41, 5.74) is -1.24.